The van der Waals surface area contributed by atoms with E-state index < -0.39 is 5.97 Å². The number of carboxylic acid groups (broad SMARTS) is 1. The second kappa shape index (κ2) is 6.59. The Kier molecular flexibility index (Phi) is 5.11. The van der Waals surface area contributed by atoms with Gasteiger partial charge in [-0.3, -0.25) is 9.59 Å². The molecule has 1 aromatic carbocycles. The smallest absolute Gasteiger partial charge is 0.305 e. The molecular formula is C14H17NO3. The van der Waals surface area contributed by atoms with E-state index in [4.69, 9.17) is 5.11 Å². The maximum atomic E-state index is 12.2. The average Bonchev–Trinajstić information content (AvgIpc) is 2.33. The zero-order valence-corrected chi connectivity index (χ0v) is 10.4. The van der Waals surface area contributed by atoms with E-state index in [1.165, 1.54) is 4.90 Å². The highest BCUT2D eigenvalue weighted by Crippen LogP contribution is 2.08. The minimum Gasteiger partial charge on any atom is -0.481 e. The van der Waals surface area contributed by atoms with Gasteiger partial charge in [-0.2, -0.15) is 0 Å². The number of nitrogens with zero attached hydrogens (tertiary/aromatic N) is 1. The molecule has 0 aliphatic carbocycles. The predicted octanol–water partition coefficient (Wildman–Crippen LogP) is 2.10. The van der Waals surface area contributed by atoms with Crippen LogP contribution in [-0.4, -0.2) is 35.0 Å². The molecule has 0 heterocycles. The van der Waals surface area contributed by atoms with Gasteiger partial charge in [0.15, 0.2) is 0 Å². The van der Waals surface area contributed by atoms with Crippen molar-refractivity contribution in [2.24, 2.45) is 0 Å². The number of aliphatic carboxylic acids is 1. The van der Waals surface area contributed by atoms with Gasteiger partial charge >= 0.3 is 5.97 Å². The maximum Gasteiger partial charge on any atom is 0.305 e. The number of carbonyl (C=O) groups excluding carboxylic acids is 1. The van der Waals surface area contributed by atoms with Crippen LogP contribution in [-0.2, 0) is 4.79 Å². The zero-order chi connectivity index (χ0) is 13.5. The zero-order valence-electron chi connectivity index (χ0n) is 10.4. The first kappa shape index (κ1) is 14.0. The minimum absolute atomic E-state index is 0.0641. The Bertz CT molecular complexity index is 454. The fourth-order valence-electron chi connectivity index (χ4n) is 1.62. The highest BCUT2D eigenvalue weighted by molar-refractivity contribution is 5.94. The third kappa shape index (κ3) is 4.05. The van der Waals surface area contributed by atoms with Crippen LogP contribution in [0.1, 0.15) is 22.3 Å². The van der Waals surface area contributed by atoms with Crippen LogP contribution in [0, 0.1) is 6.92 Å². The molecule has 0 fully saturated rings. The number of amides is 1. The largest absolute Gasteiger partial charge is 0.481 e. The quantitative estimate of drug-likeness (QED) is 0.783. The molecule has 0 saturated heterocycles. The first-order valence-electron chi connectivity index (χ1n) is 5.73. The number of carboxylic acids is 1. The molecule has 0 bridgehead atoms. The third-order valence-electron chi connectivity index (χ3n) is 2.50. The lowest BCUT2D eigenvalue weighted by Crippen LogP contribution is -2.33. The third-order valence-corrected chi connectivity index (χ3v) is 2.50. The molecule has 0 spiro atoms. The first-order valence-corrected chi connectivity index (χ1v) is 5.73. The molecule has 1 rings (SSSR count). The van der Waals surface area contributed by atoms with E-state index in [9.17, 15) is 9.59 Å². The van der Waals surface area contributed by atoms with E-state index in [0.717, 1.165) is 5.56 Å². The summed E-state index contributed by atoms with van der Waals surface area (Å²) in [6.07, 6.45) is 1.53. The molecule has 0 unspecified atom stereocenters. The summed E-state index contributed by atoms with van der Waals surface area (Å²) < 4.78 is 0. The van der Waals surface area contributed by atoms with Crippen LogP contribution in [0.3, 0.4) is 0 Å². The van der Waals surface area contributed by atoms with E-state index in [1.807, 2.05) is 19.1 Å². The summed E-state index contributed by atoms with van der Waals surface area (Å²) in [5, 5.41) is 8.66. The number of carbonyl (C=O) groups is 2. The lowest BCUT2D eigenvalue weighted by molar-refractivity contribution is -0.137. The van der Waals surface area contributed by atoms with Gasteiger partial charge in [0.05, 0.1) is 6.42 Å². The van der Waals surface area contributed by atoms with E-state index in [-0.39, 0.29) is 18.9 Å². The summed E-state index contributed by atoms with van der Waals surface area (Å²) in [6, 6.07) is 7.24. The van der Waals surface area contributed by atoms with Crippen molar-refractivity contribution in [1.82, 2.24) is 4.90 Å². The first-order chi connectivity index (χ1) is 8.54. The number of aryl methyl sites for hydroxylation is 1. The summed E-state index contributed by atoms with van der Waals surface area (Å²) in [7, 11) is 0. The minimum atomic E-state index is -0.916. The van der Waals surface area contributed by atoms with Gasteiger partial charge in [-0.25, -0.2) is 0 Å². The maximum absolute atomic E-state index is 12.2. The molecule has 4 nitrogen and oxygen atoms in total. The summed E-state index contributed by atoms with van der Waals surface area (Å²) in [5.74, 6) is -1.08. The fourth-order valence-corrected chi connectivity index (χ4v) is 1.62. The van der Waals surface area contributed by atoms with E-state index in [2.05, 4.69) is 6.58 Å². The summed E-state index contributed by atoms with van der Waals surface area (Å²) in [5.41, 5.74) is 1.57. The van der Waals surface area contributed by atoms with Crippen LogP contribution in [0.5, 0.6) is 0 Å². The lowest BCUT2D eigenvalue weighted by Gasteiger charge is -2.20. The van der Waals surface area contributed by atoms with Crippen molar-refractivity contribution in [2.75, 3.05) is 13.1 Å². The number of hydrogen-bond acceptors (Lipinski definition) is 2. The standard InChI is InChI=1S/C14H17NO3/c1-3-8-15(9-7-13(16)17)14(18)12-6-4-5-11(2)10-12/h3-6,10H,1,7-9H2,2H3,(H,16,17). The fraction of sp³-hybridized carbons (Fsp3) is 0.286. The van der Waals surface area contributed by atoms with E-state index in [0.29, 0.717) is 12.1 Å². The molecule has 4 heteroatoms. The van der Waals surface area contributed by atoms with Crippen LogP contribution in [0.25, 0.3) is 0 Å². The summed E-state index contributed by atoms with van der Waals surface area (Å²) in [4.78, 5) is 24.2. The average molecular weight is 247 g/mol. The number of benzene rings is 1. The monoisotopic (exact) mass is 247 g/mol. The van der Waals surface area contributed by atoms with Crippen molar-refractivity contribution in [3.8, 4) is 0 Å². The topological polar surface area (TPSA) is 57.6 Å². The molecule has 0 aliphatic rings. The van der Waals surface area contributed by atoms with E-state index >= 15 is 0 Å². The van der Waals surface area contributed by atoms with Gasteiger partial charge in [0, 0.05) is 18.7 Å². The van der Waals surface area contributed by atoms with Gasteiger partial charge < -0.3 is 10.0 Å². The second-order valence-corrected chi connectivity index (χ2v) is 4.05. The summed E-state index contributed by atoms with van der Waals surface area (Å²) in [6.45, 7) is 6.02. The van der Waals surface area contributed by atoms with Crippen molar-refractivity contribution in [1.29, 1.82) is 0 Å². The molecule has 1 amide bonds. The van der Waals surface area contributed by atoms with Crippen molar-refractivity contribution < 1.29 is 14.7 Å². The molecule has 0 atom stereocenters. The van der Waals surface area contributed by atoms with Crippen LogP contribution in [0.2, 0.25) is 0 Å². The van der Waals surface area contributed by atoms with Crippen LogP contribution in [0.4, 0.5) is 0 Å². The summed E-state index contributed by atoms with van der Waals surface area (Å²) >= 11 is 0. The Morgan fingerprint density at radius 2 is 2.17 bits per heavy atom. The normalized spacial score (nSPS) is 9.83. The Balaban J connectivity index is 2.81. The van der Waals surface area contributed by atoms with Crippen molar-refractivity contribution in [3.05, 3.63) is 48.0 Å². The predicted molar refractivity (Wildman–Crippen MR) is 69.5 cm³/mol. The Morgan fingerprint density at radius 1 is 1.44 bits per heavy atom. The van der Waals surface area contributed by atoms with Crippen molar-refractivity contribution in [3.63, 3.8) is 0 Å². The van der Waals surface area contributed by atoms with Gasteiger partial charge in [0.2, 0.25) is 0 Å². The lowest BCUT2D eigenvalue weighted by atomic mass is 10.1. The molecule has 0 saturated carbocycles. The Hall–Kier alpha value is -2.10. The molecule has 0 radical (unpaired) electrons. The van der Waals surface area contributed by atoms with Crippen LogP contribution >= 0.6 is 0 Å². The van der Waals surface area contributed by atoms with Crippen molar-refractivity contribution in [2.45, 2.75) is 13.3 Å². The Morgan fingerprint density at radius 3 is 2.72 bits per heavy atom. The van der Waals surface area contributed by atoms with Gasteiger partial charge in [-0.15, -0.1) is 6.58 Å². The highest BCUT2D eigenvalue weighted by atomic mass is 16.4. The molecule has 1 N–H and O–H groups in total. The number of rotatable bonds is 6. The van der Waals surface area contributed by atoms with Crippen molar-refractivity contribution >= 4 is 11.9 Å². The van der Waals surface area contributed by atoms with Crippen LogP contribution < -0.4 is 0 Å². The SMILES string of the molecule is C=CCN(CCC(=O)O)C(=O)c1cccc(C)c1. The molecule has 1 aromatic rings. The van der Waals surface area contributed by atoms with E-state index in [1.54, 1.807) is 18.2 Å². The molecule has 96 valence electrons. The Labute approximate surface area is 107 Å². The molecule has 0 aromatic heterocycles. The number of hydrogen-bond donors (Lipinski definition) is 1. The van der Waals surface area contributed by atoms with Gasteiger partial charge in [-0.1, -0.05) is 23.8 Å². The molecule has 18 heavy (non-hydrogen) atoms. The second-order valence-electron chi connectivity index (χ2n) is 4.05. The van der Waals surface area contributed by atoms with Gasteiger partial charge in [0.25, 0.3) is 5.91 Å². The van der Waals surface area contributed by atoms with Gasteiger partial charge in [0.1, 0.15) is 0 Å². The molecular weight excluding hydrogens is 230 g/mol. The highest BCUT2D eigenvalue weighted by Gasteiger charge is 2.15. The van der Waals surface area contributed by atoms with Crippen LogP contribution in [0.15, 0.2) is 36.9 Å². The van der Waals surface area contributed by atoms with Gasteiger partial charge in [-0.05, 0) is 19.1 Å². The molecule has 0 aliphatic heterocycles.